The molecule has 7 nitrogen and oxygen atoms in total. The van der Waals surface area contributed by atoms with Crippen LogP contribution in [0.1, 0.15) is 49.3 Å². The van der Waals surface area contributed by atoms with Crippen molar-refractivity contribution in [3.05, 3.63) is 65.4 Å². The van der Waals surface area contributed by atoms with Crippen LogP contribution < -0.4 is 10.5 Å². The molecule has 0 aliphatic heterocycles. The number of Topliss-reactive ketones (excluding diaryl/α,β-unsaturated/α-hetero) is 1. The molecule has 3 rings (SSSR count). The van der Waals surface area contributed by atoms with Crippen LogP contribution in [0.15, 0.2) is 48.5 Å². The average molecular weight is 437 g/mol. The second-order valence-electron chi connectivity index (χ2n) is 8.47. The first kappa shape index (κ1) is 23.1. The van der Waals surface area contributed by atoms with Gasteiger partial charge in [0.25, 0.3) is 11.7 Å². The summed E-state index contributed by atoms with van der Waals surface area (Å²) >= 11 is 0. The maximum absolute atomic E-state index is 12.8. The lowest BCUT2D eigenvalue weighted by molar-refractivity contribution is -0.157. The van der Waals surface area contributed by atoms with Crippen molar-refractivity contribution in [1.29, 1.82) is 0 Å². The van der Waals surface area contributed by atoms with Gasteiger partial charge in [-0.1, -0.05) is 43.3 Å². The number of amides is 1. The second-order valence-corrected chi connectivity index (χ2v) is 8.47. The van der Waals surface area contributed by atoms with E-state index < -0.39 is 23.3 Å². The Hall–Kier alpha value is -3.61. The quantitative estimate of drug-likeness (QED) is 0.330. The Balaban J connectivity index is 2.13. The van der Waals surface area contributed by atoms with E-state index in [1.807, 2.05) is 47.9 Å². The van der Waals surface area contributed by atoms with Crippen LogP contribution in [0.5, 0.6) is 5.75 Å². The molecule has 1 aromatic heterocycles. The molecule has 0 aliphatic rings. The van der Waals surface area contributed by atoms with Crippen LogP contribution in [-0.2, 0) is 27.3 Å². The highest BCUT2D eigenvalue weighted by Crippen LogP contribution is 2.35. The zero-order valence-corrected chi connectivity index (χ0v) is 18.8. The van der Waals surface area contributed by atoms with Gasteiger partial charge < -0.3 is 19.8 Å². The topological polar surface area (TPSA) is 101 Å². The minimum atomic E-state index is -1.04. The van der Waals surface area contributed by atoms with E-state index in [2.05, 4.69) is 0 Å². The van der Waals surface area contributed by atoms with Gasteiger partial charge in [0.15, 0.2) is 6.61 Å². The molecule has 3 aromatic rings. The molecule has 1 amide bonds. The number of nitrogens with zero attached hydrogens (tertiary/aromatic N) is 1. The van der Waals surface area contributed by atoms with Crippen LogP contribution in [0.2, 0.25) is 0 Å². The molecular weight excluding hydrogens is 408 g/mol. The predicted molar refractivity (Wildman–Crippen MR) is 122 cm³/mol. The number of hydrogen-bond acceptors (Lipinski definition) is 5. The fourth-order valence-corrected chi connectivity index (χ4v) is 3.73. The summed E-state index contributed by atoms with van der Waals surface area (Å²) in [6.45, 7) is 7.40. The zero-order chi connectivity index (χ0) is 23.5. The Morgan fingerprint density at radius 3 is 2.28 bits per heavy atom. The van der Waals surface area contributed by atoms with E-state index in [1.54, 1.807) is 32.9 Å². The number of nitrogens with two attached hydrogens (primary N) is 1. The molecule has 2 aromatic carbocycles. The SMILES string of the molecule is CCc1c(C(=O)C(N)=O)c2c(OCC(=O)OC(C)(C)C)cccc2n1Cc1ccccc1. The summed E-state index contributed by atoms with van der Waals surface area (Å²) in [4.78, 5) is 36.9. The number of carbonyl (C=O) groups excluding carboxylic acids is 3. The standard InChI is InChI=1S/C25H28N2O5/c1-5-17-22(23(29)24(26)30)21-18(27(17)14-16-10-7-6-8-11-16)12-9-13-19(21)31-15-20(28)32-25(2,3)4/h6-13H,5,14-15H2,1-4H3,(H2,26,30). The lowest BCUT2D eigenvalue weighted by atomic mass is 10.0. The van der Waals surface area contributed by atoms with Gasteiger partial charge in [0, 0.05) is 12.2 Å². The van der Waals surface area contributed by atoms with E-state index in [-0.39, 0.29) is 12.2 Å². The van der Waals surface area contributed by atoms with E-state index in [0.29, 0.717) is 29.8 Å². The van der Waals surface area contributed by atoms with E-state index >= 15 is 0 Å². The van der Waals surface area contributed by atoms with Gasteiger partial charge in [-0.3, -0.25) is 9.59 Å². The summed E-state index contributed by atoms with van der Waals surface area (Å²) in [7, 11) is 0. The average Bonchev–Trinajstić information content (AvgIpc) is 3.05. The van der Waals surface area contributed by atoms with Gasteiger partial charge in [0.2, 0.25) is 0 Å². The largest absolute Gasteiger partial charge is 0.481 e. The summed E-state index contributed by atoms with van der Waals surface area (Å²) in [5.74, 6) is -2.04. The lowest BCUT2D eigenvalue weighted by Crippen LogP contribution is -2.27. The first-order valence-electron chi connectivity index (χ1n) is 10.5. The van der Waals surface area contributed by atoms with Crippen molar-refractivity contribution in [2.75, 3.05) is 6.61 Å². The minimum absolute atomic E-state index is 0.214. The molecule has 0 saturated heterocycles. The lowest BCUT2D eigenvalue weighted by Gasteiger charge is -2.19. The van der Waals surface area contributed by atoms with Crippen LogP contribution in [-0.4, -0.2) is 34.4 Å². The first-order valence-corrected chi connectivity index (χ1v) is 10.5. The van der Waals surface area contributed by atoms with Crippen molar-refractivity contribution in [2.24, 2.45) is 5.73 Å². The Labute approximate surface area is 187 Å². The molecule has 0 saturated carbocycles. The summed E-state index contributed by atoms with van der Waals surface area (Å²) in [5, 5.41) is 0.465. The molecule has 0 spiro atoms. The Morgan fingerprint density at radius 1 is 1.00 bits per heavy atom. The van der Waals surface area contributed by atoms with E-state index in [4.69, 9.17) is 15.2 Å². The van der Waals surface area contributed by atoms with Crippen LogP contribution >= 0.6 is 0 Å². The molecule has 32 heavy (non-hydrogen) atoms. The number of aromatic nitrogens is 1. The van der Waals surface area contributed by atoms with Crippen molar-refractivity contribution in [2.45, 2.75) is 46.3 Å². The molecule has 168 valence electrons. The number of benzene rings is 2. The van der Waals surface area contributed by atoms with Crippen molar-refractivity contribution < 1.29 is 23.9 Å². The van der Waals surface area contributed by atoms with Crippen LogP contribution in [0.25, 0.3) is 10.9 Å². The third kappa shape index (κ3) is 4.99. The Bertz CT molecular complexity index is 1160. The van der Waals surface area contributed by atoms with Crippen molar-refractivity contribution >= 4 is 28.6 Å². The highest BCUT2D eigenvalue weighted by Gasteiger charge is 2.27. The molecular formula is C25H28N2O5. The fourth-order valence-electron chi connectivity index (χ4n) is 3.73. The summed E-state index contributed by atoms with van der Waals surface area (Å²) < 4.78 is 13.1. The summed E-state index contributed by atoms with van der Waals surface area (Å²) in [6.07, 6.45) is 0.501. The summed E-state index contributed by atoms with van der Waals surface area (Å²) in [6, 6.07) is 15.1. The third-order valence-electron chi connectivity index (χ3n) is 4.89. The Kier molecular flexibility index (Phi) is 6.67. The number of rotatable bonds is 8. The number of ketones is 1. The fraction of sp³-hybridized carbons (Fsp3) is 0.320. The van der Waals surface area contributed by atoms with E-state index in [1.165, 1.54) is 0 Å². The summed E-state index contributed by atoms with van der Waals surface area (Å²) in [5.41, 5.74) is 7.38. The van der Waals surface area contributed by atoms with E-state index in [9.17, 15) is 14.4 Å². The maximum Gasteiger partial charge on any atom is 0.344 e. The van der Waals surface area contributed by atoms with Gasteiger partial charge in [-0.05, 0) is 44.9 Å². The van der Waals surface area contributed by atoms with E-state index in [0.717, 1.165) is 11.1 Å². The van der Waals surface area contributed by atoms with Gasteiger partial charge in [0.05, 0.1) is 16.5 Å². The second kappa shape index (κ2) is 9.26. The number of hydrogen-bond donors (Lipinski definition) is 1. The van der Waals surface area contributed by atoms with Gasteiger partial charge >= 0.3 is 5.97 Å². The molecule has 0 unspecified atom stereocenters. The Morgan fingerprint density at radius 2 is 1.69 bits per heavy atom. The van der Waals surface area contributed by atoms with Crippen LogP contribution in [0.4, 0.5) is 0 Å². The van der Waals surface area contributed by atoms with Gasteiger partial charge in [-0.2, -0.15) is 0 Å². The number of esters is 1. The van der Waals surface area contributed by atoms with Crippen molar-refractivity contribution in [3.8, 4) is 5.75 Å². The molecule has 0 bridgehead atoms. The normalized spacial score (nSPS) is 11.4. The molecule has 0 fully saturated rings. The number of carbonyl (C=O) groups is 3. The predicted octanol–water partition coefficient (Wildman–Crippen LogP) is 3.64. The highest BCUT2D eigenvalue weighted by molar-refractivity contribution is 6.45. The first-order chi connectivity index (χ1) is 15.1. The smallest absolute Gasteiger partial charge is 0.344 e. The zero-order valence-electron chi connectivity index (χ0n) is 18.8. The maximum atomic E-state index is 12.8. The van der Waals surface area contributed by atoms with Crippen molar-refractivity contribution in [3.63, 3.8) is 0 Å². The minimum Gasteiger partial charge on any atom is -0.481 e. The molecule has 0 radical (unpaired) electrons. The molecule has 7 heteroatoms. The van der Waals surface area contributed by atoms with Crippen LogP contribution in [0, 0.1) is 0 Å². The highest BCUT2D eigenvalue weighted by atomic mass is 16.6. The van der Waals surface area contributed by atoms with Gasteiger partial charge in [-0.25, -0.2) is 4.79 Å². The number of primary amides is 1. The molecule has 0 aliphatic carbocycles. The van der Waals surface area contributed by atoms with Crippen LogP contribution in [0.3, 0.4) is 0 Å². The third-order valence-corrected chi connectivity index (χ3v) is 4.89. The van der Waals surface area contributed by atoms with Gasteiger partial charge in [0.1, 0.15) is 11.4 Å². The monoisotopic (exact) mass is 436 g/mol. The number of fused-ring (bicyclic) bond motifs is 1. The molecule has 0 atom stereocenters. The van der Waals surface area contributed by atoms with Crippen molar-refractivity contribution in [1.82, 2.24) is 4.57 Å². The molecule has 1 heterocycles. The number of ether oxygens (including phenoxy) is 2. The van der Waals surface area contributed by atoms with Gasteiger partial charge in [-0.15, -0.1) is 0 Å². The molecule has 2 N–H and O–H groups in total.